The number of amides is 1. The van der Waals surface area contributed by atoms with Gasteiger partial charge in [0.1, 0.15) is 5.75 Å². The van der Waals surface area contributed by atoms with Crippen LogP contribution in [0.1, 0.15) is 28.7 Å². The summed E-state index contributed by atoms with van der Waals surface area (Å²) in [5.41, 5.74) is 8.41. The van der Waals surface area contributed by atoms with Gasteiger partial charge in [-0.25, -0.2) is 0 Å². The average molecular weight is 489 g/mol. The number of nitrogens with zero attached hydrogens (tertiary/aromatic N) is 1. The van der Waals surface area contributed by atoms with E-state index in [-0.39, 0.29) is 5.91 Å². The highest BCUT2D eigenvalue weighted by molar-refractivity contribution is 6.07. The van der Waals surface area contributed by atoms with Gasteiger partial charge in [0.05, 0.1) is 6.61 Å². The molecular weight excluding hydrogens is 456 g/mol. The lowest BCUT2D eigenvalue weighted by molar-refractivity contribution is -0.113. The molecule has 5 rings (SSSR count). The minimum Gasteiger partial charge on any atom is -0.493 e. The van der Waals surface area contributed by atoms with E-state index in [0.717, 1.165) is 41.2 Å². The molecule has 37 heavy (non-hydrogen) atoms. The lowest BCUT2D eigenvalue weighted by Crippen LogP contribution is -2.17. The van der Waals surface area contributed by atoms with Gasteiger partial charge < -0.3 is 10.1 Å². The van der Waals surface area contributed by atoms with Gasteiger partial charge in [0.25, 0.3) is 5.91 Å². The smallest absolute Gasteiger partial charge is 0.251 e. The van der Waals surface area contributed by atoms with Crippen molar-refractivity contribution in [2.75, 3.05) is 19.0 Å². The number of fused-ring (bicyclic) bond motifs is 1. The summed E-state index contributed by atoms with van der Waals surface area (Å²) in [7, 11) is 2.12. The van der Waals surface area contributed by atoms with Crippen LogP contribution in [-0.2, 0) is 17.9 Å². The molecule has 0 aliphatic carbocycles. The molecule has 186 valence electrons. The second kappa shape index (κ2) is 11.3. The summed E-state index contributed by atoms with van der Waals surface area (Å²) in [6, 6.07) is 33.2. The first-order chi connectivity index (χ1) is 18.0. The zero-order chi connectivity index (χ0) is 25.6. The number of hydrogen-bond donors (Lipinski definition) is 1. The van der Waals surface area contributed by atoms with Gasteiger partial charge >= 0.3 is 0 Å². The van der Waals surface area contributed by atoms with Crippen LogP contribution in [0.25, 0.3) is 17.2 Å². The van der Waals surface area contributed by atoms with Crippen molar-refractivity contribution in [1.29, 1.82) is 0 Å². The van der Waals surface area contributed by atoms with Gasteiger partial charge in [0.2, 0.25) is 0 Å². The van der Waals surface area contributed by atoms with Crippen LogP contribution < -0.4 is 10.1 Å². The fourth-order valence-corrected chi connectivity index (χ4v) is 4.60. The van der Waals surface area contributed by atoms with E-state index in [1.165, 1.54) is 16.7 Å². The lowest BCUT2D eigenvalue weighted by atomic mass is 10.00. The number of anilines is 1. The van der Waals surface area contributed by atoms with Crippen molar-refractivity contribution in [2.24, 2.45) is 0 Å². The Labute approximate surface area is 219 Å². The molecule has 0 atom stereocenters. The molecule has 1 aliphatic rings. The van der Waals surface area contributed by atoms with E-state index in [9.17, 15) is 4.79 Å². The van der Waals surface area contributed by atoms with Crippen LogP contribution in [-0.4, -0.2) is 24.5 Å². The fourth-order valence-electron chi connectivity index (χ4n) is 4.60. The van der Waals surface area contributed by atoms with Crippen molar-refractivity contribution in [3.8, 4) is 16.9 Å². The molecule has 0 saturated carbocycles. The minimum atomic E-state index is -0.0915. The van der Waals surface area contributed by atoms with Crippen LogP contribution in [0.5, 0.6) is 5.75 Å². The lowest BCUT2D eigenvalue weighted by Gasteiger charge is -2.17. The molecule has 1 heterocycles. The summed E-state index contributed by atoms with van der Waals surface area (Å²) in [5, 5.41) is 3.07. The Balaban J connectivity index is 1.25. The zero-order valence-corrected chi connectivity index (χ0v) is 21.4. The second-order valence-corrected chi connectivity index (χ2v) is 9.70. The maximum absolute atomic E-state index is 13.1. The van der Waals surface area contributed by atoms with Gasteiger partial charge in [0.15, 0.2) is 0 Å². The Hall–Kier alpha value is -4.15. The van der Waals surface area contributed by atoms with E-state index < -0.39 is 0 Å². The van der Waals surface area contributed by atoms with E-state index in [0.29, 0.717) is 18.6 Å². The molecule has 4 nitrogen and oxygen atoms in total. The molecule has 1 aliphatic heterocycles. The van der Waals surface area contributed by atoms with E-state index in [1.54, 1.807) is 0 Å². The third kappa shape index (κ3) is 6.35. The molecule has 0 unspecified atom stereocenters. The Bertz CT molecular complexity index is 1390. The van der Waals surface area contributed by atoms with Crippen molar-refractivity contribution in [3.63, 3.8) is 0 Å². The van der Waals surface area contributed by atoms with Crippen molar-refractivity contribution >= 4 is 17.7 Å². The number of hydrogen-bond acceptors (Lipinski definition) is 3. The molecule has 0 aromatic heterocycles. The highest BCUT2D eigenvalue weighted by Crippen LogP contribution is 2.31. The number of benzene rings is 4. The van der Waals surface area contributed by atoms with E-state index >= 15 is 0 Å². The van der Waals surface area contributed by atoms with E-state index in [2.05, 4.69) is 97.0 Å². The summed E-state index contributed by atoms with van der Waals surface area (Å²) in [6.45, 7) is 4.29. The average Bonchev–Trinajstić information content (AvgIpc) is 3.13. The molecule has 0 bridgehead atoms. The number of rotatable bonds is 7. The number of ether oxygens (including phenoxy) is 1. The number of nitrogens with one attached hydrogen (secondary N) is 1. The Morgan fingerprint density at radius 2 is 1.51 bits per heavy atom. The van der Waals surface area contributed by atoms with Gasteiger partial charge in [-0.1, -0.05) is 78.4 Å². The summed E-state index contributed by atoms with van der Waals surface area (Å²) in [5.74, 6) is 0.716. The summed E-state index contributed by atoms with van der Waals surface area (Å²) >= 11 is 0. The van der Waals surface area contributed by atoms with Crippen LogP contribution >= 0.6 is 0 Å². The molecule has 0 radical (unpaired) electrons. The van der Waals surface area contributed by atoms with Gasteiger partial charge in [-0.3, -0.25) is 9.69 Å². The molecule has 4 aromatic carbocycles. The Morgan fingerprint density at radius 3 is 2.24 bits per heavy atom. The second-order valence-electron chi connectivity index (χ2n) is 9.70. The molecule has 1 amide bonds. The topological polar surface area (TPSA) is 41.6 Å². The van der Waals surface area contributed by atoms with Crippen molar-refractivity contribution in [3.05, 3.63) is 125 Å². The van der Waals surface area contributed by atoms with Crippen LogP contribution in [0.3, 0.4) is 0 Å². The maximum atomic E-state index is 13.1. The predicted octanol–water partition coefficient (Wildman–Crippen LogP) is 7.10. The molecule has 4 aromatic rings. The highest BCUT2D eigenvalue weighted by Gasteiger charge is 2.16. The van der Waals surface area contributed by atoms with Crippen LogP contribution in [0.2, 0.25) is 0 Å². The third-order valence-electron chi connectivity index (χ3n) is 6.60. The zero-order valence-electron chi connectivity index (χ0n) is 21.4. The highest BCUT2D eigenvalue weighted by atomic mass is 16.5. The normalized spacial score (nSPS) is 12.8. The molecule has 4 heteroatoms. The molecule has 0 saturated heterocycles. The summed E-state index contributed by atoms with van der Waals surface area (Å²) in [4.78, 5) is 15.4. The summed E-state index contributed by atoms with van der Waals surface area (Å²) < 4.78 is 5.95. The fraction of sp³-hybridized carbons (Fsp3) is 0.182. The summed E-state index contributed by atoms with van der Waals surface area (Å²) in [6.07, 6.45) is 2.52. The third-order valence-corrected chi connectivity index (χ3v) is 6.60. The van der Waals surface area contributed by atoms with Crippen molar-refractivity contribution < 1.29 is 9.53 Å². The van der Waals surface area contributed by atoms with Crippen LogP contribution in [0.15, 0.2) is 103 Å². The van der Waals surface area contributed by atoms with Crippen molar-refractivity contribution in [2.45, 2.75) is 26.4 Å². The largest absolute Gasteiger partial charge is 0.493 e. The first-order valence-corrected chi connectivity index (χ1v) is 12.7. The minimum absolute atomic E-state index is 0.0915. The molecule has 0 fully saturated rings. The first kappa shape index (κ1) is 24.5. The first-order valence-electron chi connectivity index (χ1n) is 12.7. The maximum Gasteiger partial charge on any atom is 0.251 e. The van der Waals surface area contributed by atoms with E-state index in [1.807, 2.05) is 30.3 Å². The number of carbonyl (C=O) groups is 1. The van der Waals surface area contributed by atoms with Crippen molar-refractivity contribution in [1.82, 2.24) is 4.90 Å². The molecule has 0 spiro atoms. The number of aryl methyl sites for hydroxylation is 1. The quantitative estimate of drug-likeness (QED) is 0.302. The number of carbonyl (C=O) groups excluding carboxylic acids is 1. The monoisotopic (exact) mass is 488 g/mol. The van der Waals surface area contributed by atoms with Gasteiger partial charge in [-0.05, 0) is 66.6 Å². The van der Waals surface area contributed by atoms with Gasteiger partial charge in [0, 0.05) is 36.3 Å². The van der Waals surface area contributed by atoms with Crippen LogP contribution in [0.4, 0.5) is 5.69 Å². The van der Waals surface area contributed by atoms with Gasteiger partial charge in [-0.2, -0.15) is 0 Å². The standard InChI is InChI=1S/C33H32N2O2/c1-24-8-12-27(13-9-24)28-14-17-32-30(20-28)21-29(18-19-37-32)33(36)34-31-15-10-26(11-16-31)23-35(2)22-25-6-4-3-5-7-25/h3-17,20-21H,18-19,22-23H2,1-2H3,(H,34,36). The molecule has 1 N–H and O–H groups in total. The van der Waals surface area contributed by atoms with E-state index in [4.69, 9.17) is 4.74 Å². The van der Waals surface area contributed by atoms with Crippen LogP contribution in [0, 0.1) is 6.92 Å². The Kier molecular flexibility index (Phi) is 7.48. The predicted molar refractivity (Wildman–Crippen MR) is 151 cm³/mol. The van der Waals surface area contributed by atoms with Gasteiger partial charge in [-0.15, -0.1) is 0 Å². The molecular formula is C33H32N2O2. The SMILES string of the molecule is Cc1ccc(-c2ccc3c(c2)C=C(C(=O)Nc2ccc(CN(C)Cc4ccccc4)cc2)CCO3)cc1. The Morgan fingerprint density at radius 1 is 0.838 bits per heavy atom.